The largest absolute Gasteiger partial charge is 0.477 e. The molecule has 1 aromatic heterocycles. The van der Waals surface area contributed by atoms with Crippen LogP contribution in [0.15, 0.2) is 10.3 Å². The Labute approximate surface area is 79.6 Å². The van der Waals surface area contributed by atoms with Crippen molar-refractivity contribution < 1.29 is 9.90 Å². The zero-order valence-electron chi connectivity index (χ0n) is 6.96. The van der Waals surface area contributed by atoms with E-state index >= 15 is 0 Å². The number of carbonyl (C=O) groups is 1. The summed E-state index contributed by atoms with van der Waals surface area (Å²) in [4.78, 5) is 11.2. The van der Waals surface area contributed by atoms with Crippen LogP contribution in [0, 0.1) is 0 Å². The summed E-state index contributed by atoms with van der Waals surface area (Å²) in [5.74, 6) is -0.808. The summed E-state index contributed by atoms with van der Waals surface area (Å²) < 4.78 is 1.07. The second-order valence-corrected chi connectivity index (χ2v) is 4.44. The Bertz CT molecular complexity index is 291. The molecule has 12 heavy (non-hydrogen) atoms. The summed E-state index contributed by atoms with van der Waals surface area (Å²) in [6.45, 7) is 1.97. The molecule has 0 saturated carbocycles. The van der Waals surface area contributed by atoms with Gasteiger partial charge >= 0.3 is 5.97 Å². The first-order valence-electron chi connectivity index (χ1n) is 3.59. The molecular weight excluding hydrogens is 192 g/mol. The first kappa shape index (κ1) is 9.61. The molecule has 0 aliphatic rings. The zero-order chi connectivity index (χ0) is 9.14. The smallest absolute Gasteiger partial charge is 0.346 e. The van der Waals surface area contributed by atoms with Crippen LogP contribution in [-0.2, 0) is 6.42 Å². The van der Waals surface area contributed by atoms with Crippen LogP contribution < -0.4 is 0 Å². The van der Waals surface area contributed by atoms with Crippen molar-refractivity contribution in [1.29, 1.82) is 0 Å². The van der Waals surface area contributed by atoms with Gasteiger partial charge < -0.3 is 5.11 Å². The number of thiophene rings is 1. The van der Waals surface area contributed by atoms with Gasteiger partial charge in [0.25, 0.3) is 0 Å². The Morgan fingerprint density at radius 3 is 2.75 bits per heavy atom. The van der Waals surface area contributed by atoms with Crippen LogP contribution in [0.3, 0.4) is 0 Å². The van der Waals surface area contributed by atoms with Gasteiger partial charge in [0, 0.05) is 0 Å². The van der Waals surface area contributed by atoms with E-state index in [2.05, 4.69) is 0 Å². The average Bonchev–Trinajstić information content (AvgIpc) is 2.47. The summed E-state index contributed by atoms with van der Waals surface area (Å²) in [7, 11) is 0. The highest BCUT2D eigenvalue weighted by Crippen LogP contribution is 2.29. The summed E-state index contributed by atoms with van der Waals surface area (Å²) in [5.41, 5.74) is 0.942. The highest BCUT2D eigenvalue weighted by molar-refractivity contribution is 8.00. The molecule has 1 aromatic rings. The van der Waals surface area contributed by atoms with Crippen molar-refractivity contribution in [2.75, 3.05) is 6.26 Å². The lowest BCUT2D eigenvalue weighted by atomic mass is 10.2. The van der Waals surface area contributed by atoms with Crippen LogP contribution in [0.2, 0.25) is 0 Å². The van der Waals surface area contributed by atoms with E-state index in [1.54, 1.807) is 11.8 Å². The molecule has 0 saturated heterocycles. The van der Waals surface area contributed by atoms with Crippen molar-refractivity contribution >= 4 is 29.1 Å². The zero-order valence-corrected chi connectivity index (χ0v) is 8.59. The normalized spacial score (nSPS) is 10.2. The summed E-state index contributed by atoms with van der Waals surface area (Å²) >= 11 is 2.95. The molecule has 0 unspecified atom stereocenters. The minimum absolute atomic E-state index is 0.488. The number of hydrogen-bond donors (Lipinski definition) is 1. The van der Waals surface area contributed by atoms with E-state index in [4.69, 9.17) is 5.11 Å². The number of carboxylic acid groups (broad SMARTS) is 1. The minimum Gasteiger partial charge on any atom is -0.477 e. The maximum absolute atomic E-state index is 10.7. The molecule has 1 N–H and O–H groups in total. The van der Waals surface area contributed by atoms with Crippen LogP contribution in [0.1, 0.15) is 22.2 Å². The van der Waals surface area contributed by atoms with E-state index in [1.807, 2.05) is 19.2 Å². The summed E-state index contributed by atoms with van der Waals surface area (Å²) in [6, 6.07) is 1.96. The molecule has 0 aliphatic carbocycles. The van der Waals surface area contributed by atoms with E-state index in [1.165, 1.54) is 11.3 Å². The molecule has 0 spiro atoms. The number of rotatable bonds is 3. The van der Waals surface area contributed by atoms with Crippen molar-refractivity contribution in [1.82, 2.24) is 0 Å². The van der Waals surface area contributed by atoms with E-state index < -0.39 is 5.97 Å². The second kappa shape index (κ2) is 3.96. The topological polar surface area (TPSA) is 37.3 Å². The molecule has 0 fully saturated rings. The van der Waals surface area contributed by atoms with E-state index in [0.717, 1.165) is 16.2 Å². The Balaban J connectivity index is 3.08. The van der Waals surface area contributed by atoms with Gasteiger partial charge in [0.05, 0.1) is 4.21 Å². The van der Waals surface area contributed by atoms with Gasteiger partial charge in [-0.05, 0) is 24.3 Å². The molecule has 66 valence electrons. The molecule has 0 aliphatic heterocycles. The van der Waals surface area contributed by atoms with Crippen LogP contribution >= 0.6 is 23.1 Å². The standard InChI is InChI=1S/C8H10O2S2/c1-3-5-4-6(11-2)12-7(5)8(9)10/h4H,3H2,1-2H3,(H,9,10). The lowest BCUT2D eigenvalue weighted by molar-refractivity contribution is 0.0701. The lowest BCUT2D eigenvalue weighted by Gasteiger charge is -1.91. The molecule has 0 amide bonds. The van der Waals surface area contributed by atoms with Crippen molar-refractivity contribution in [2.45, 2.75) is 17.6 Å². The van der Waals surface area contributed by atoms with Crippen LogP contribution in [-0.4, -0.2) is 17.3 Å². The quantitative estimate of drug-likeness (QED) is 0.766. The number of thioether (sulfide) groups is 1. The molecular formula is C8H10O2S2. The molecule has 1 rings (SSSR count). The van der Waals surface area contributed by atoms with Crippen molar-refractivity contribution in [3.05, 3.63) is 16.5 Å². The first-order chi connectivity index (χ1) is 5.69. The fourth-order valence-electron chi connectivity index (χ4n) is 0.948. The lowest BCUT2D eigenvalue weighted by Crippen LogP contribution is -1.95. The van der Waals surface area contributed by atoms with Gasteiger partial charge in [0.2, 0.25) is 0 Å². The maximum Gasteiger partial charge on any atom is 0.346 e. The molecule has 0 aromatic carbocycles. The Morgan fingerprint density at radius 2 is 2.42 bits per heavy atom. The average molecular weight is 202 g/mol. The third-order valence-corrected chi connectivity index (χ3v) is 3.79. The minimum atomic E-state index is -0.808. The maximum atomic E-state index is 10.7. The van der Waals surface area contributed by atoms with Gasteiger partial charge in [0.15, 0.2) is 0 Å². The highest BCUT2D eigenvalue weighted by atomic mass is 32.2. The van der Waals surface area contributed by atoms with Gasteiger partial charge in [-0.25, -0.2) is 4.79 Å². The van der Waals surface area contributed by atoms with Crippen molar-refractivity contribution in [3.63, 3.8) is 0 Å². The van der Waals surface area contributed by atoms with Crippen molar-refractivity contribution in [2.24, 2.45) is 0 Å². The molecule has 4 heteroatoms. The number of aromatic carboxylic acids is 1. The van der Waals surface area contributed by atoms with E-state index in [0.29, 0.717) is 4.88 Å². The van der Waals surface area contributed by atoms with Gasteiger partial charge in [-0.15, -0.1) is 23.1 Å². The summed E-state index contributed by atoms with van der Waals surface area (Å²) in [6.07, 6.45) is 2.75. The number of aryl methyl sites for hydroxylation is 1. The number of carboxylic acids is 1. The molecule has 2 nitrogen and oxygen atoms in total. The first-order valence-corrected chi connectivity index (χ1v) is 5.63. The Morgan fingerprint density at radius 1 is 1.75 bits per heavy atom. The fourth-order valence-corrected chi connectivity index (χ4v) is 2.62. The molecule has 0 radical (unpaired) electrons. The molecule has 0 atom stereocenters. The number of hydrogen-bond acceptors (Lipinski definition) is 3. The fraction of sp³-hybridized carbons (Fsp3) is 0.375. The third kappa shape index (κ3) is 1.81. The van der Waals surface area contributed by atoms with E-state index in [-0.39, 0.29) is 0 Å². The van der Waals surface area contributed by atoms with Crippen LogP contribution in [0.25, 0.3) is 0 Å². The third-order valence-electron chi connectivity index (χ3n) is 1.56. The summed E-state index contributed by atoms with van der Waals surface area (Å²) in [5, 5.41) is 8.81. The Kier molecular flexibility index (Phi) is 3.17. The van der Waals surface area contributed by atoms with Gasteiger partial charge in [-0.2, -0.15) is 0 Å². The van der Waals surface area contributed by atoms with Gasteiger partial charge in [-0.3, -0.25) is 0 Å². The SMILES string of the molecule is CCc1cc(SC)sc1C(=O)O. The predicted molar refractivity (Wildman–Crippen MR) is 52.4 cm³/mol. The predicted octanol–water partition coefficient (Wildman–Crippen LogP) is 2.73. The highest BCUT2D eigenvalue weighted by Gasteiger charge is 2.12. The van der Waals surface area contributed by atoms with Gasteiger partial charge in [-0.1, -0.05) is 6.92 Å². The van der Waals surface area contributed by atoms with E-state index in [9.17, 15) is 4.79 Å². The monoisotopic (exact) mass is 202 g/mol. The van der Waals surface area contributed by atoms with Crippen molar-refractivity contribution in [3.8, 4) is 0 Å². The second-order valence-electron chi connectivity index (χ2n) is 2.28. The Hall–Kier alpha value is -0.480. The molecule has 1 heterocycles. The van der Waals surface area contributed by atoms with Crippen LogP contribution in [0.4, 0.5) is 0 Å². The van der Waals surface area contributed by atoms with Gasteiger partial charge in [0.1, 0.15) is 4.88 Å². The molecule has 0 bridgehead atoms. The van der Waals surface area contributed by atoms with Crippen LogP contribution in [0.5, 0.6) is 0 Å².